The number of likely N-dealkylation sites (tertiary alicyclic amines) is 1. The molecule has 1 fully saturated rings. The lowest BCUT2D eigenvalue weighted by atomic mass is 9.92. The average molecular weight is 338 g/mol. The molecular weight excluding hydrogens is 316 g/mol. The van der Waals surface area contributed by atoms with Gasteiger partial charge in [-0.05, 0) is 42.5 Å². The number of amides is 2. The molecule has 5 nitrogen and oxygen atoms in total. The molecule has 25 heavy (non-hydrogen) atoms. The maximum Gasteiger partial charge on any atom is 0.290 e. The number of benzene rings is 1. The first-order valence-corrected chi connectivity index (χ1v) is 8.94. The number of carbonyl (C=O) groups is 2. The molecule has 4 rings (SSSR count). The Labute approximate surface area is 147 Å². The second-order valence-electron chi connectivity index (χ2n) is 6.78. The minimum Gasteiger partial charge on any atom is -0.459 e. The van der Waals surface area contributed by atoms with Crippen LogP contribution in [-0.4, -0.2) is 40.7 Å². The third-order valence-electron chi connectivity index (χ3n) is 5.19. The maximum atomic E-state index is 13.1. The molecule has 1 atom stereocenters. The highest BCUT2D eigenvalue weighted by Gasteiger charge is 2.38. The zero-order valence-corrected chi connectivity index (χ0v) is 14.2. The van der Waals surface area contributed by atoms with E-state index in [1.807, 2.05) is 23.1 Å². The van der Waals surface area contributed by atoms with Crippen molar-refractivity contribution in [2.24, 2.45) is 0 Å². The predicted molar refractivity (Wildman–Crippen MR) is 92.9 cm³/mol. The van der Waals surface area contributed by atoms with Crippen molar-refractivity contribution in [1.82, 2.24) is 9.80 Å². The van der Waals surface area contributed by atoms with Gasteiger partial charge in [-0.1, -0.05) is 24.3 Å². The first kappa shape index (κ1) is 15.9. The minimum absolute atomic E-state index is 0.0640. The van der Waals surface area contributed by atoms with Crippen LogP contribution in [0.25, 0.3) is 0 Å². The zero-order valence-electron chi connectivity index (χ0n) is 14.2. The van der Waals surface area contributed by atoms with E-state index in [0.717, 1.165) is 37.1 Å². The Morgan fingerprint density at radius 1 is 0.960 bits per heavy atom. The summed E-state index contributed by atoms with van der Waals surface area (Å²) in [7, 11) is 0. The Morgan fingerprint density at radius 2 is 1.72 bits per heavy atom. The molecule has 2 aliphatic rings. The van der Waals surface area contributed by atoms with Crippen molar-refractivity contribution >= 4 is 11.8 Å². The maximum absolute atomic E-state index is 13.1. The van der Waals surface area contributed by atoms with Crippen molar-refractivity contribution in [3.8, 4) is 0 Å². The van der Waals surface area contributed by atoms with Gasteiger partial charge in [0.2, 0.25) is 5.91 Å². The van der Waals surface area contributed by atoms with Gasteiger partial charge < -0.3 is 14.2 Å². The normalized spacial score (nSPS) is 20.2. The quantitative estimate of drug-likeness (QED) is 0.846. The zero-order chi connectivity index (χ0) is 17.2. The van der Waals surface area contributed by atoms with Crippen LogP contribution < -0.4 is 0 Å². The highest BCUT2D eigenvalue weighted by molar-refractivity contribution is 5.96. The molecule has 0 spiro atoms. The second-order valence-corrected chi connectivity index (χ2v) is 6.78. The number of carbonyl (C=O) groups excluding carboxylic acids is 2. The van der Waals surface area contributed by atoms with E-state index in [-0.39, 0.29) is 17.6 Å². The van der Waals surface area contributed by atoms with Crippen molar-refractivity contribution < 1.29 is 14.0 Å². The highest BCUT2D eigenvalue weighted by atomic mass is 16.3. The smallest absolute Gasteiger partial charge is 0.290 e. The summed E-state index contributed by atoms with van der Waals surface area (Å²) in [6.07, 6.45) is 5.32. The van der Waals surface area contributed by atoms with Crippen LogP contribution in [0, 0.1) is 0 Å². The van der Waals surface area contributed by atoms with E-state index in [9.17, 15) is 9.59 Å². The molecule has 0 bridgehead atoms. The van der Waals surface area contributed by atoms with Gasteiger partial charge in [-0.15, -0.1) is 0 Å². The lowest BCUT2D eigenvalue weighted by molar-refractivity contribution is -0.137. The number of hydrogen-bond donors (Lipinski definition) is 0. The van der Waals surface area contributed by atoms with Crippen molar-refractivity contribution in [3.05, 3.63) is 59.5 Å². The van der Waals surface area contributed by atoms with Crippen LogP contribution in [0.1, 0.15) is 40.9 Å². The van der Waals surface area contributed by atoms with Gasteiger partial charge in [-0.3, -0.25) is 9.59 Å². The second kappa shape index (κ2) is 6.75. The number of nitrogens with zero attached hydrogens (tertiary/aromatic N) is 2. The lowest BCUT2D eigenvalue weighted by Crippen LogP contribution is -2.54. The van der Waals surface area contributed by atoms with Crippen LogP contribution >= 0.6 is 0 Å². The van der Waals surface area contributed by atoms with Crippen LogP contribution in [0.4, 0.5) is 0 Å². The van der Waals surface area contributed by atoms with E-state index in [2.05, 4.69) is 6.07 Å². The van der Waals surface area contributed by atoms with Crippen molar-refractivity contribution in [1.29, 1.82) is 0 Å². The standard InChI is InChI=1S/C20H22N2O3/c23-19(21-10-4-1-5-11-21)17-13-15-7-2-3-8-16(15)14-22(17)20(24)18-9-6-12-25-18/h2-3,6-9,12,17H,1,4-5,10-11,13-14H2. The molecule has 1 saturated heterocycles. The minimum atomic E-state index is -0.453. The van der Waals surface area contributed by atoms with Crippen molar-refractivity contribution in [2.75, 3.05) is 13.1 Å². The third kappa shape index (κ3) is 3.06. The van der Waals surface area contributed by atoms with Gasteiger partial charge in [-0.25, -0.2) is 0 Å². The molecule has 0 radical (unpaired) electrons. The summed E-state index contributed by atoms with van der Waals surface area (Å²) >= 11 is 0. The molecule has 1 unspecified atom stereocenters. The fraction of sp³-hybridized carbons (Fsp3) is 0.400. The van der Waals surface area contributed by atoms with Crippen LogP contribution in [-0.2, 0) is 17.8 Å². The SMILES string of the molecule is O=C(C1Cc2ccccc2CN1C(=O)c1ccco1)N1CCCCC1. The van der Waals surface area contributed by atoms with Gasteiger partial charge in [0.15, 0.2) is 5.76 Å². The number of rotatable bonds is 2. The molecule has 1 aromatic heterocycles. The molecule has 0 aliphatic carbocycles. The van der Waals surface area contributed by atoms with Gasteiger partial charge in [0.25, 0.3) is 5.91 Å². The van der Waals surface area contributed by atoms with Crippen LogP contribution in [0.3, 0.4) is 0 Å². The Balaban J connectivity index is 1.65. The van der Waals surface area contributed by atoms with Gasteiger partial charge in [-0.2, -0.15) is 0 Å². The number of piperidine rings is 1. The third-order valence-corrected chi connectivity index (χ3v) is 5.19. The fourth-order valence-electron chi connectivity index (χ4n) is 3.82. The summed E-state index contributed by atoms with van der Waals surface area (Å²) in [6, 6.07) is 11.0. The Hall–Kier alpha value is -2.56. The first-order valence-electron chi connectivity index (χ1n) is 8.94. The summed E-state index contributed by atoms with van der Waals surface area (Å²) < 4.78 is 5.29. The van der Waals surface area contributed by atoms with Crippen molar-refractivity contribution in [3.63, 3.8) is 0 Å². The number of furan rings is 1. The summed E-state index contributed by atoms with van der Waals surface area (Å²) in [5.41, 5.74) is 2.26. The highest BCUT2D eigenvalue weighted by Crippen LogP contribution is 2.27. The van der Waals surface area contributed by atoms with Gasteiger partial charge in [0.05, 0.1) is 6.26 Å². The Kier molecular flexibility index (Phi) is 4.30. The fourth-order valence-corrected chi connectivity index (χ4v) is 3.82. The van der Waals surface area contributed by atoms with Crippen LogP contribution in [0.5, 0.6) is 0 Å². The lowest BCUT2D eigenvalue weighted by Gasteiger charge is -2.39. The molecule has 1 aromatic carbocycles. The summed E-state index contributed by atoms with van der Waals surface area (Å²) in [4.78, 5) is 29.7. The van der Waals surface area contributed by atoms with E-state index in [0.29, 0.717) is 13.0 Å². The molecule has 2 aliphatic heterocycles. The van der Waals surface area contributed by atoms with E-state index < -0.39 is 6.04 Å². The molecule has 2 amide bonds. The van der Waals surface area contributed by atoms with E-state index in [1.165, 1.54) is 12.7 Å². The van der Waals surface area contributed by atoms with E-state index in [1.54, 1.807) is 17.0 Å². The summed E-state index contributed by atoms with van der Waals surface area (Å²) in [5.74, 6) is 0.139. The predicted octanol–water partition coefficient (Wildman–Crippen LogP) is 2.86. The summed E-state index contributed by atoms with van der Waals surface area (Å²) in [5, 5.41) is 0. The Bertz CT molecular complexity index is 763. The molecule has 3 heterocycles. The first-order chi connectivity index (χ1) is 12.2. The number of fused-ring (bicyclic) bond motifs is 1. The van der Waals surface area contributed by atoms with Gasteiger partial charge >= 0.3 is 0 Å². The monoisotopic (exact) mass is 338 g/mol. The average Bonchev–Trinajstić information content (AvgIpc) is 3.21. The summed E-state index contributed by atoms with van der Waals surface area (Å²) in [6.45, 7) is 2.03. The van der Waals surface area contributed by atoms with E-state index >= 15 is 0 Å². The van der Waals surface area contributed by atoms with Crippen molar-refractivity contribution in [2.45, 2.75) is 38.3 Å². The topological polar surface area (TPSA) is 53.8 Å². The molecule has 2 aromatic rings. The molecular formula is C20H22N2O3. The molecule has 0 saturated carbocycles. The molecule has 130 valence electrons. The molecule has 5 heteroatoms. The number of hydrogen-bond acceptors (Lipinski definition) is 3. The largest absolute Gasteiger partial charge is 0.459 e. The molecule has 0 N–H and O–H groups in total. The van der Waals surface area contributed by atoms with E-state index in [4.69, 9.17) is 4.42 Å². The Morgan fingerprint density at radius 3 is 2.44 bits per heavy atom. The van der Waals surface area contributed by atoms with Crippen LogP contribution in [0.2, 0.25) is 0 Å². The van der Waals surface area contributed by atoms with Gasteiger partial charge in [0.1, 0.15) is 6.04 Å². The van der Waals surface area contributed by atoms with Crippen LogP contribution in [0.15, 0.2) is 47.1 Å². The van der Waals surface area contributed by atoms with Gasteiger partial charge in [0, 0.05) is 26.1 Å².